The zero-order valence-electron chi connectivity index (χ0n) is 9.95. The first-order valence-electron chi connectivity index (χ1n) is 5.34. The SMILES string of the molecule is CCc1nnc(N/N=C/c2ccccc2)n1N.Cl. The standard InChI is InChI=1S/C11H14N6.ClH/c1-2-10-14-16-11(17(10)12)15-13-8-9-6-4-3-5-7-9;/h3-8H,2,12H2,1H3,(H,15,16);1H/b13-8+;. The summed E-state index contributed by atoms with van der Waals surface area (Å²) in [5.74, 6) is 6.88. The van der Waals surface area contributed by atoms with Gasteiger partial charge in [0, 0.05) is 6.42 Å². The van der Waals surface area contributed by atoms with Gasteiger partial charge in [-0.1, -0.05) is 37.3 Å². The third kappa shape index (κ3) is 3.21. The highest BCUT2D eigenvalue weighted by atomic mass is 35.5. The van der Waals surface area contributed by atoms with Gasteiger partial charge in [-0.05, 0) is 5.56 Å². The number of anilines is 1. The van der Waals surface area contributed by atoms with Crippen molar-refractivity contribution >= 4 is 24.6 Å². The summed E-state index contributed by atoms with van der Waals surface area (Å²) in [7, 11) is 0. The molecule has 0 aliphatic heterocycles. The summed E-state index contributed by atoms with van der Waals surface area (Å²) in [6, 6.07) is 9.75. The number of nitrogens with two attached hydrogens (primary N) is 1. The van der Waals surface area contributed by atoms with E-state index in [0.717, 1.165) is 12.0 Å². The van der Waals surface area contributed by atoms with Crippen molar-refractivity contribution in [2.75, 3.05) is 11.3 Å². The molecule has 0 unspecified atom stereocenters. The summed E-state index contributed by atoms with van der Waals surface area (Å²) in [5, 5.41) is 11.8. The molecule has 0 bridgehead atoms. The van der Waals surface area contributed by atoms with E-state index in [1.165, 1.54) is 4.68 Å². The van der Waals surface area contributed by atoms with E-state index in [1.807, 2.05) is 37.3 Å². The van der Waals surface area contributed by atoms with Crippen LogP contribution in [0.15, 0.2) is 35.4 Å². The lowest BCUT2D eigenvalue weighted by Crippen LogP contribution is -2.14. The third-order valence-corrected chi connectivity index (χ3v) is 2.26. The lowest BCUT2D eigenvalue weighted by atomic mass is 10.2. The highest BCUT2D eigenvalue weighted by molar-refractivity contribution is 5.85. The van der Waals surface area contributed by atoms with Gasteiger partial charge in [0.05, 0.1) is 6.21 Å². The Morgan fingerprint density at radius 2 is 2.06 bits per heavy atom. The second-order valence-corrected chi connectivity index (χ2v) is 3.44. The number of nitrogen functional groups attached to an aromatic ring is 1. The number of hydrogen-bond donors (Lipinski definition) is 2. The van der Waals surface area contributed by atoms with Crippen molar-refractivity contribution in [1.82, 2.24) is 14.9 Å². The Morgan fingerprint density at radius 3 is 2.67 bits per heavy atom. The number of nitrogens with one attached hydrogen (secondary N) is 1. The Hall–Kier alpha value is -2.08. The molecule has 0 aliphatic carbocycles. The summed E-state index contributed by atoms with van der Waals surface area (Å²) in [5.41, 5.74) is 3.75. The van der Waals surface area contributed by atoms with Crippen LogP contribution in [0.1, 0.15) is 18.3 Å². The van der Waals surface area contributed by atoms with Crippen LogP contribution >= 0.6 is 12.4 Å². The first kappa shape index (κ1) is 14.0. The van der Waals surface area contributed by atoms with Crippen molar-refractivity contribution in [2.24, 2.45) is 5.10 Å². The predicted molar refractivity (Wildman–Crippen MR) is 74.5 cm³/mol. The summed E-state index contributed by atoms with van der Waals surface area (Å²) in [6.45, 7) is 1.96. The lowest BCUT2D eigenvalue weighted by molar-refractivity contribution is 0.855. The summed E-state index contributed by atoms with van der Waals surface area (Å²) in [6.07, 6.45) is 2.42. The molecule has 2 rings (SSSR count). The van der Waals surface area contributed by atoms with E-state index >= 15 is 0 Å². The van der Waals surface area contributed by atoms with E-state index in [9.17, 15) is 0 Å². The van der Waals surface area contributed by atoms with Crippen LogP contribution in [0.25, 0.3) is 0 Å². The highest BCUT2D eigenvalue weighted by Gasteiger charge is 2.05. The monoisotopic (exact) mass is 266 g/mol. The Labute approximate surface area is 111 Å². The van der Waals surface area contributed by atoms with Crippen LogP contribution in [-0.4, -0.2) is 21.1 Å². The van der Waals surface area contributed by atoms with E-state index in [-0.39, 0.29) is 12.4 Å². The average molecular weight is 267 g/mol. The molecule has 0 radical (unpaired) electrons. The van der Waals surface area contributed by atoms with Crippen molar-refractivity contribution in [2.45, 2.75) is 13.3 Å². The molecule has 0 aliphatic rings. The molecule has 2 aromatic rings. The van der Waals surface area contributed by atoms with Crippen LogP contribution in [0, 0.1) is 0 Å². The summed E-state index contributed by atoms with van der Waals surface area (Å²) < 4.78 is 1.39. The van der Waals surface area contributed by atoms with Gasteiger partial charge in [0.25, 0.3) is 5.95 Å². The van der Waals surface area contributed by atoms with E-state index in [4.69, 9.17) is 5.84 Å². The van der Waals surface area contributed by atoms with Crippen LogP contribution in [-0.2, 0) is 6.42 Å². The van der Waals surface area contributed by atoms with Crippen LogP contribution < -0.4 is 11.3 Å². The molecule has 0 saturated carbocycles. The number of nitrogens with zero attached hydrogens (tertiary/aromatic N) is 4. The normalized spacial score (nSPS) is 10.3. The molecular formula is C11H15ClN6. The van der Waals surface area contributed by atoms with Gasteiger partial charge in [-0.25, -0.2) is 10.1 Å². The largest absolute Gasteiger partial charge is 0.335 e. The van der Waals surface area contributed by atoms with Crippen molar-refractivity contribution in [1.29, 1.82) is 0 Å². The number of halogens is 1. The maximum Gasteiger partial charge on any atom is 0.263 e. The molecular weight excluding hydrogens is 252 g/mol. The second-order valence-electron chi connectivity index (χ2n) is 3.44. The van der Waals surface area contributed by atoms with Crippen molar-refractivity contribution < 1.29 is 0 Å². The minimum absolute atomic E-state index is 0. The number of hydrazone groups is 1. The lowest BCUT2D eigenvalue weighted by Gasteiger charge is -2.00. The van der Waals surface area contributed by atoms with Crippen LogP contribution in [0.2, 0.25) is 0 Å². The number of aryl methyl sites for hydroxylation is 1. The molecule has 1 heterocycles. The molecule has 1 aromatic carbocycles. The van der Waals surface area contributed by atoms with Crippen LogP contribution in [0.4, 0.5) is 5.95 Å². The van der Waals surface area contributed by atoms with Gasteiger partial charge < -0.3 is 5.84 Å². The third-order valence-electron chi connectivity index (χ3n) is 2.26. The van der Waals surface area contributed by atoms with Crippen LogP contribution in [0.5, 0.6) is 0 Å². The quantitative estimate of drug-likeness (QED) is 0.498. The van der Waals surface area contributed by atoms with E-state index < -0.39 is 0 Å². The van der Waals surface area contributed by atoms with Gasteiger partial charge in [0.15, 0.2) is 5.82 Å². The summed E-state index contributed by atoms with van der Waals surface area (Å²) >= 11 is 0. The molecule has 96 valence electrons. The minimum Gasteiger partial charge on any atom is -0.335 e. The maximum absolute atomic E-state index is 5.75. The Kier molecular flexibility index (Phi) is 5.13. The fourth-order valence-corrected chi connectivity index (χ4v) is 1.34. The molecule has 6 nitrogen and oxygen atoms in total. The first-order valence-corrected chi connectivity index (χ1v) is 5.34. The molecule has 0 atom stereocenters. The number of rotatable bonds is 4. The minimum atomic E-state index is 0. The molecule has 7 heteroatoms. The number of aromatic nitrogens is 3. The number of hydrogen-bond acceptors (Lipinski definition) is 5. The predicted octanol–water partition coefficient (Wildman–Crippen LogP) is 1.42. The van der Waals surface area contributed by atoms with Gasteiger partial charge in [0.1, 0.15) is 0 Å². The van der Waals surface area contributed by atoms with E-state index in [1.54, 1.807) is 6.21 Å². The molecule has 18 heavy (non-hydrogen) atoms. The topological polar surface area (TPSA) is 81.1 Å². The van der Waals surface area contributed by atoms with Gasteiger partial charge in [-0.15, -0.1) is 22.6 Å². The van der Waals surface area contributed by atoms with Gasteiger partial charge in [-0.2, -0.15) is 5.10 Å². The average Bonchev–Trinajstić information content (AvgIpc) is 2.72. The Bertz CT molecular complexity index is 508. The van der Waals surface area contributed by atoms with Crippen molar-refractivity contribution in [3.05, 3.63) is 41.7 Å². The van der Waals surface area contributed by atoms with Gasteiger partial charge >= 0.3 is 0 Å². The fraction of sp³-hybridized carbons (Fsp3) is 0.182. The maximum atomic E-state index is 5.75. The molecule has 0 fully saturated rings. The smallest absolute Gasteiger partial charge is 0.263 e. The fourth-order valence-electron chi connectivity index (χ4n) is 1.34. The Morgan fingerprint density at radius 1 is 1.33 bits per heavy atom. The van der Waals surface area contributed by atoms with Crippen LogP contribution in [0.3, 0.4) is 0 Å². The molecule has 0 amide bonds. The molecule has 1 aromatic heterocycles. The molecule has 0 saturated heterocycles. The zero-order valence-corrected chi connectivity index (χ0v) is 10.8. The Balaban J connectivity index is 0.00000162. The molecule has 3 N–H and O–H groups in total. The van der Waals surface area contributed by atoms with Crippen molar-refractivity contribution in [3.63, 3.8) is 0 Å². The van der Waals surface area contributed by atoms with Gasteiger partial charge in [0.2, 0.25) is 0 Å². The van der Waals surface area contributed by atoms with E-state index in [0.29, 0.717) is 11.8 Å². The molecule has 0 spiro atoms. The number of benzene rings is 1. The summed E-state index contributed by atoms with van der Waals surface area (Å²) in [4.78, 5) is 0. The van der Waals surface area contributed by atoms with Gasteiger partial charge in [-0.3, -0.25) is 0 Å². The second kappa shape index (κ2) is 6.61. The van der Waals surface area contributed by atoms with E-state index in [2.05, 4.69) is 20.7 Å². The zero-order chi connectivity index (χ0) is 12.1. The highest BCUT2D eigenvalue weighted by Crippen LogP contribution is 2.03. The first-order chi connectivity index (χ1) is 8.31. The van der Waals surface area contributed by atoms with Crippen molar-refractivity contribution in [3.8, 4) is 0 Å².